The number of hydrogen-bond acceptors (Lipinski definition) is 6. The molecule has 8 nitrogen and oxygen atoms in total. The van der Waals surface area contributed by atoms with Crippen LogP contribution < -0.4 is 9.64 Å². The molecule has 1 aromatic carbocycles. The number of ether oxygens (including phenoxy) is 1. The lowest BCUT2D eigenvalue weighted by Gasteiger charge is -2.34. The van der Waals surface area contributed by atoms with Gasteiger partial charge in [0.2, 0.25) is 11.8 Å². The summed E-state index contributed by atoms with van der Waals surface area (Å²) in [6, 6.07) is 1.84. The quantitative estimate of drug-likeness (QED) is 0.319. The highest BCUT2D eigenvalue weighted by atomic mass is 19.4. The number of nitrogens with zero attached hydrogens (tertiary/aromatic N) is 4. The highest BCUT2D eigenvalue weighted by Gasteiger charge is 2.37. The number of hydrogen-bond donors (Lipinski definition) is 1. The zero-order valence-corrected chi connectivity index (χ0v) is 22.1. The number of rotatable bonds is 7. The van der Waals surface area contributed by atoms with Crippen molar-refractivity contribution in [3.8, 4) is 22.8 Å². The monoisotopic (exact) mass is 560 g/mol. The SMILES string of the molecule is CC1CCC(C(=O)N(c2cc(F)c(Oc3ncc(-c4cncnc4)cc3C(F)(F)F)cc2C(=O)O)C(C)C)CC1. The van der Waals surface area contributed by atoms with Crippen molar-refractivity contribution in [1.82, 2.24) is 15.0 Å². The van der Waals surface area contributed by atoms with E-state index in [1.54, 1.807) is 13.8 Å². The number of halogens is 4. The molecule has 1 fully saturated rings. The molecule has 1 amide bonds. The van der Waals surface area contributed by atoms with Crippen molar-refractivity contribution >= 4 is 17.6 Å². The zero-order chi connectivity index (χ0) is 29.2. The predicted molar refractivity (Wildman–Crippen MR) is 137 cm³/mol. The molecular weight excluding hydrogens is 532 g/mol. The number of carboxylic acid groups (broad SMARTS) is 1. The van der Waals surface area contributed by atoms with E-state index in [-0.39, 0.29) is 28.6 Å². The number of anilines is 1. The standard InChI is InChI=1S/C28H28F4N4O4/c1-15(2)36(26(37)17-6-4-16(3)5-7-17)23-10-22(29)24(9-20(23)27(38)39)40-25-21(28(30,31)32)8-18(13-35-25)19-11-33-14-34-12-19/h8-17H,4-7H2,1-3H3,(H,38,39). The summed E-state index contributed by atoms with van der Waals surface area (Å²) in [5, 5.41) is 9.93. The fourth-order valence-electron chi connectivity index (χ4n) is 4.79. The Morgan fingerprint density at radius 3 is 2.25 bits per heavy atom. The van der Waals surface area contributed by atoms with E-state index in [9.17, 15) is 27.9 Å². The molecule has 2 aromatic heterocycles. The van der Waals surface area contributed by atoms with Gasteiger partial charge in [-0.05, 0) is 51.5 Å². The summed E-state index contributed by atoms with van der Waals surface area (Å²) in [4.78, 5) is 38.2. The molecule has 1 aliphatic carbocycles. The van der Waals surface area contributed by atoms with Crippen LogP contribution in [0.5, 0.6) is 11.6 Å². The van der Waals surface area contributed by atoms with Crippen molar-refractivity contribution in [2.75, 3.05) is 4.90 Å². The smallest absolute Gasteiger partial charge is 0.421 e. The van der Waals surface area contributed by atoms with Crippen molar-refractivity contribution in [3.05, 3.63) is 60.1 Å². The van der Waals surface area contributed by atoms with Crippen LogP contribution in [0.3, 0.4) is 0 Å². The van der Waals surface area contributed by atoms with Gasteiger partial charge in [0.1, 0.15) is 11.9 Å². The predicted octanol–water partition coefficient (Wildman–Crippen LogP) is 6.75. The van der Waals surface area contributed by atoms with Crippen LogP contribution in [0.1, 0.15) is 62.4 Å². The average Bonchev–Trinajstić information content (AvgIpc) is 2.90. The molecule has 1 N–H and O–H groups in total. The Labute approximate surface area is 228 Å². The number of carboxylic acids is 1. The van der Waals surface area contributed by atoms with Crippen LogP contribution in [-0.4, -0.2) is 38.0 Å². The Morgan fingerprint density at radius 1 is 1.02 bits per heavy atom. The minimum Gasteiger partial charge on any atom is -0.478 e. The minimum atomic E-state index is -4.93. The second-order valence-electron chi connectivity index (χ2n) is 10.2. The van der Waals surface area contributed by atoms with Crippen LogP contribution in [0.25, 0.3) is 11.1 Å². The number of aromatic carboxylic acids is 1. The van der Waals surface area contributed by atoms with Crippen molar-refractivity contribution in [2.45, 2.75) is 58.7 Å². The number of pyridine rings is 1. The van der Waals surface area contributed by atoms with Gasteiger partial charge in [0.15, 0.2) is 11.6 Å². The largest absolute Gasteiger partial charge is 0.478 e. The molecule has 1 aliphatic rings. The van der Waals surface area contributed by atoms with E-state index < -0.39 is 46.8 Å². The topological polar surface area (TPSA) is 106 Å². The van der Waals surface area contributed by atoms with Crippen LogP contribution >= 0.6 is 0 Å². The molecule has 0 saturated heterocycles. The van der Waals surface area contributed by atoms with Crippen LogP contribution in [0, 0.1) is 17.7 Å². The van der Waals surface area contributed by atoms with E-state index in [0.29, 0.717) is 18.8 Å². The molecule has 0 radical (unpaired) electrons. The van der Waals surface area contributed by atoms with E-state index in [2.05, 4.69) is 21.9 Å². The molecule has 0 atom stereocenters. The van der Waals surface area contributed by atoms with Gasteiger partial charge >= 0.3 is 12.1 Å². The molecule has 0 unspecified atom stereocenters. The lowest BCUT2D eigenvalue weighted by atomic mass is 9.82. The second-order valence-corrected chi connectivity index (χ2v) is 10.2. The number of benzene rings is 1. The van der Waals surface area contributed by atoms with E-state index in [0.717, 1.165) is 37.2 Å². The summed E-state index contributed by atoms with van der Waals surface area (Å²) in [5.74, 6) is -4.58. The first-order valence-corrected chi connectivity index (χ1v) is 12.8. The van der Waals surface area contributed by atoms with Crippen LogP contribution in [0.2, 0.25) is 0 Å². The Hall–Kier alpha value is -4.09. The molecule has 4 rings (SSSR count). The van der Waals surface area contributed by atoms with Gasteiger partial charge in [0.05, 0.1) is 11.3 Å². The third kappa shape index (κ3) is 6.21. The number of aromatic nitrogens is 3. The number of alkyl halides is 3. The van der Waals surface area contributed by atoms with Gasteiger partial charge in [-0.3, -0.25) is 4.79 Å². The van der Waals surface area contributed by atoms with E-state index in [4.69, 9.17) is 4.74 Å². The Balaban J connectivity index is 1.73. The number of carbonyl (C=O) groups excluding carboxylic acids is 1. The Morgan fingerprint density at radius 2 is 1.68 bits per heavy atom. The van der Waals surface area contributed by atoms with Crippen molar-refractivity contribution in [2.24, 2.45) is 11.8 Å². The van der Waals surface area contributed by atoms with Gasteiger partial charge in [0.25, 0.3) is 0 Å². The third-order valence-corrected chi connectivity index (χ3v) is 6.92. The lowest BCUT2D eigenvalue weighted by Crippen LogP contribution is -2.43. The number of carbonyl (C=O) groups is 2. The first kappa shape index (κ1) is 28.9. The zero-order valence-electron chi connectivity index (χ0n) is 22.1. The molecular formula is C28H28F4N4O4. The molecule has 0 bridgehead atoms. The van der Waals surface area contributed by atoms with Crippen LogP contribution in [0.4, 0.5) is 23.2 Å². The Kier molecular flexibility index (Phi) is 8.36. The minimum absolute atomic E-state index is 0.0468. The molecule has 40 heavy (non-hydrogen) atoms. The first-order chi connectivity index (χ1) is 18.9. The van der Waals surface area contributed by atoms with Crippen LogP contribution in [-0.2, 0) is 11.0 Å². The summed E-state index contributed by atoms with van der Waals surface area (Å²) in [6.07, 6.45) is 2.93. The molecule has 0 spiro atoms. The number of amides is 1. The third-order valence-electron chi connectivity index (χ3n) is 6.92. The van der Waals surface area contributed by atoms with Gasteiger partial charge in [-0.15, -0.1) is 0 Å². The molecule has 12 heteroatoms. The highest BCUT2D eigenvalue weighted by Crippen LogP contribution is 2.41. The van der Waals surface area contributed by atoms with Gasteiger partial charge in [0, 0.05) is 53.8 Å². The molecule has 3 aromatic rings. The summed E-state index contributed by atoms with van der Waals surface area (Å²) in [5.41, 5.74) is -1.68. The molecule has 2 heterocycles. The van der Waals surface area contributed by atoms with E-state index in [1.165, 1.54) is 23.6 Å². The maximum Gasteiger partial charge on any atom is 0.421 e. The summed E-state index contributed by atoms with van der Waals surface area (Å²) in [7, 11) is 0. The summed E-state index contributed by atoms with van der Waals surface area (Å²) < 4.78 is 62.3. The normalized spacial score (nSPS) is 17.5. The van der Waals surface area contributed by atoms with Crippen LogP contribution in [0.15, 0.2) is 43.1 Å². The molecule has 0 aliphatic heterocycles. The van der Waals surface area contributed by atoms with E-state index in [1.807, 2.05) is 0 Å². The van der Waals surface area contributed by atoms with Gasteiger partial charge in [-0.25, -0.2) is 24.1 Å². The fourth-order valence-corrected chi connectivity index (χ4v) is 4.79. The summed E-state index contributed by atoms with van der Waals surface area (Å²) in [6.45, 7) is 5.45. The van der Waals surface area contributed by atoms with Gasteiger partial charge in [-0.2, -0.15) is 13.2 Å². The summed E-state index contributed by atoms with van der Waals surface area (Å²) >= 11 is 0. The fraction of sp³-hybridized carbons (Fsp3) is 0.393. The van der Waals surface area contributed by atoms with Gasteiger partial charge in [-0.1, -0.05) is 6.92 Å². The van der Waals surface area contributed by atoms with Crippen molar-refractivity contribution in [1.29, 1.82) is 0 Å². The highest BCUT2D eigenvalue weighted by molar-refractivity contribution is 6.03. The second kappa shape index (κ2) is 11.6. The van der Waals surface area contributed by atoms with Crippen molar-refractivity contribution in [3.63, 3.8) is 0 Å². The average molecular weight is 561 g/mol. The first-order valence-electron chi connectivity index (χ1n) is 12.8. The van der Waals surface area contributed by atoms with Crippen molar-refractivity contribution < 1.29 is 37.0 Å². The maximum absolute atomic E-state index is 15.4. The molecule has 1 saturated carbocycles. The van der Waals surface area contributed by atoms with Gasteiger partial charge < -0.3 is 14.7 Å². The maximum atomic E-state index is 15.4. The lowest BCUT2D eigenvalue weighted by molar-refractivity contribution is -0.138. The Bertz CT molecular complexity index is 1390. The van der Waals surface area contributed by atoms with E-state index >= 15 is 4.39 Å². The molecule has 212 valence electrons.